The highest BCUT2D eigenvalue weighted by atomic mass is 35.5. The van der Waals surface area contributed by atoms with Crippen LogP contribution in [0.2, 0.25) is 0 Å². The molecule has 1 atom stereocenters. The van der Waals surface area contributed by atoms with Crippen LogP contribution >= 0.6 is 12.4 Å². The third-order valence-corrected chi connectivity index (χ3v) is 4.02. The number of rotatable bonds is 2. The smallest absolute Gasteiger partial charge is 0.304 e. The number of halogens is 1. The molecule has 0 bridgehead atoms. The van der Waals surface area contributed by atoms with Gasteiger partial charge in [-0.1, -0.05) is 30.3 Å². The predicted molar refractivity (Wildman–Crippen MR) is 86.0 cm³/mol. The molecule has 3 rings (SSSR count). The number of benzene rings is 2. The molecule has 0 heterocycles. The highest BCUT2D eigenvalue weighted by Gasteiger charge is 2.25. The molecule has 0 amide bonds. The normalized spacial score (nSPS) is 16.1. The average Bonchev–Trinajstić information content (AvgIpc) is 2.57. The van der Waals surface area contributed by atoms with Crippen molar-refractivity contribution >= 4 is 24.1 Å². The lowest BCUT2D eigenvalue weighted by atomic mass is 9.85. The van der Waals surface area contributed by atoms with Crippen molar-refractivity contribution < 1.29 is 9.90 Å². The van der Waals surface area contributed by atoms with Gasteiger partial charge in [-0.15, -0.1) is 12.4 Å². The molecule has 110 valence electrons. The minimum atomic E-state index is -0.769. The van der Waals surface area contributed by atoms with Gasteiger partial charge in [-0.25, -0.2) is 0 Å². The van der Waals surface area contributed by atoms with E-state index in [-0.39, 0.29) is 24.7 Å². The first-order valence-electron chi connectivity index (χ1n) is 6.83. The third-order valence-electron chi connectivity index (χ3n) is 4.02. The van der Waals surface area contributed by atoms with Gasteiger partial charge in [0.1, 0.15) is 0 Å². The maximum atomic E-state index is 11.2. The molecule has 3 nitrogen and oxygen atoms in total. The lowest BCUT2D eigenvalue weighted by Gasteiger charge is -2.18. The minimum Gasteiger partial charge on any atom is -0.481 e. The molecule has 0 spiro atoms. The molecule has 0 aromatic heterocycles. The summed E-state index contributed by atoms with van der Waals surface area (Å²) in [5.41, 5.74) is 11.3. The number of anilines is 1. The number of aliphatic carboxylic acids is 1. The summed E-state index contributed by atoms with van der Waals surface area (Å²) in [6.07, 6.45) is 1.96. The Labute approximate surface area is 130 Å². The summed E-state index contributed by atoms with van der Waals surface area (Å²) in [6.45, 7) is 0. The van der Waals surface area contributed by atoms with Crippen LogP contribution in [0.15, 0.2) is 42.5 Å². The quantitative estimate of drug-likeness (QED) is 0.836. The number of hydrogen-bond donors (Lipinski definition) is 2. The SMILES string of the molecule is Cl.Nc1ccc2c(c1)CCc1ccccc1C2CC(=O)O. The van der Waals surface area contributed by atoms with Gasteiger partial charge in [0.25, 0.3) is 0 Å². The predicted octanol–water partition coefficient (Wildman–Crippen LogP) is 3.40. The number of hydrogen-bond acceptors (Lipinski definition) is 2. The van der Waals surface area contributed by atoms with Gasteiger partial charge >= 0.3 is 5.97 Å². The zero-order valence-corrected chi connectivity index (χ0v) is 12.4. The molecule has 2 aromatic carbocycles. The van der Waals surface area contributed by atoms with E-state index >= 15 is 0 Å². The summed E-state index contributed by atoms with van der Waals surface area (Å²) < 4.78 is 0. The van der Waals surface area contributed by atoms with Crippen LogP contribution in [0.25, 0.3) is 0 Å². The van der Waals surface area contributed by atoms with Crippen molar-refractivity contribution in [1.29, 1.82) is 0 Å². The van der Waals surface area contributed by atoms with Gasteiger partial charge in [0, 0.05) is 11.6 Å². The van der Waals surface area contributed by atoms with Crippen molar-refractivity contribution in [3.05, 3.63) is 64.7 Å². The van der Waals surface area contributed by atoms with Crippen molar-refractivity contribution in [1.82, 2.24) is 0 Å². The largest absolute Gasteiger partial charge is 0.481 e. The van der Waals surface area contributed by atoms with Crippen LogP contribution in [-0.2, 0) is 17.6 Å². The molecule has 0 saturated heterocycles. The fourth-order valence-corrected chi connectivity index (χ4v) is 3.12. The van der Waals surface area contributed by atoms with Crippen LogP contribution in [0.1, 0.15) is 34.6 Å². The van der Waals surface area contributed by atoms with Crippen molar-refractivity contribution in [3.8, 4) is 0 Å². The van der Waals surface area contributed by atoms with Crippen molar-refractivity contribution in [3.63, 3.8) is 0 Å². The molecule has 1 unspecified atom stereocenters. The Morgan fingerprint density at radius 2 is 1.76 bits per heavy atom. The summed E-state index contributed by atoms with van der Waals surface area (Å²) in [5.74, 6) is -0.851. The van der Waals surface area contributed by atoms with E-state index in [1.807, 2.05) is 36.4 Å². The lowest BCUT2D eigenvalue weighted by Crippen LogP contribution is -2.10. The molecule has 21 heavy (non-hydrogen) atoms. The fraction of sp³-hybridized carbons (Fsp3) is 0.235. The van der Waals surface area contributed by atoms with E-state index in [9.17, 15) is 9.90 Å². The van der Waals surface area contributed by atoms with E-state index in [4.69, 9.17) is 5.73 Å². The Kier molecular flexibility index (Phi) is 4.53. The molecular weight excluding hydrogens is 286 g/mol. The Morgan fingerprint density at radius 1 is 1.10 bits per heavy atom. The average molecular weight is 304 g/mol. The maximum absolute atomic E-state index is 11.2. The van der Waals surface area contributed by atoms with E-state index in [1.54, 1.807) is 0 Å². The second-order valence-electron chi connectivity index (χ2n) is 5.31. The van der Waals surface area contributed by atoms with Crippen LogP contribution in [0.3, 0.4) is 0 Å². The second kappa shape index (κ2) is 6.19. The highest BCUT2D eigenvalue weighted by molar-refractivity contribution is 5.85. The van der Waals surface area contributed by atoms with E-state index in [0.29, 0.717) is 0 Å². The molecular formula is C17H18ClNO2. The maximum Gasteiger partial charge on any atom is 0.304 e. The number of fused-ring (bicyclic) bond motifs is 2. The van der Waals surface area contributed by atoms with Crippen molar-refractivity contribution in [2.75, 3.05) is 5.73 Å². The molecule has 0 fully saturated rings. The molecule has 0 aliphatic heterocycles. The summed E-state index contributed by atoms with van der Waals surface area (Å²) in [6, 6.07) is 14.0. The number of nitrogen functional groups attached to an aromatic ring is 1. The molecule has 0 radical (unpaired) electrons. The van der Waals surface area contributed by atoms with Crippen LogP contribution < -0.4 is 5.73 Å². The molecule has 1 aliphatic rings. The van der Waals surface area contributed by atoms with E-state index in [1.165, 1.54) is 11.1 Å². The van der Waals surface area contributed by atoms with Crippen LogP contribution in [-0.4, -0.2) is 11.1 Å². The van der Waals surface area contributed by atoms with Gasteiger partial charge in [-0.2, -0.15) is 0 Å². The Hall–Kier alpha value is -2.00. The lowest BCUT2D eigenvalue weighted by molar-refractivity contribution is -0.137. The number of nitrogens with two attached hydrogens (primary N) is 1. The van der Waals surface area contributed by atoms with Gasteiger partial charge in [-0.3, -0.25) is 4.79 Å². The first-order valence-corrected chi connectivity index (χ1v) is 6.83. The van der Waals surface area contributed by atoms with Crippen LogP contribution in [0.4, 0.5) is 5.69 Å². The molecule has 0 saturated carbocycles. The van der Waals surface area contributed by atoms with E-state index < -0.39 is 5.97 Å². The zero-order valence-electron chi connectivity index (χ0n) is 11.6. The fourth-order valence-electron chi connectivity index (χ4n) is 3.12. The van der Waals surface area contributed by atoms with Crippen LogP contribution in [0, 0.1) is 0 Å². The van der Waals surface area contributed by atoms with Gasteiger partial charge in [0.15, 0.2) is 0 Å². The summed E-state index contributed by atoms with van der Waals surface area (Å²) in [4.78, 5) is 11.2. The topological polar surface area (TPSA) is 63.3 Å². The number of carboxylic acid groups (broad SMARTS) is 1. The number of carbonyl (C=O) groups is 1. The van der Waals surface area contributed by atoms with Gasteiger partial charge in [-0.05, 0) is 47.2 Å². The Balaban J connectivity index is 0.00000161. The van der Waals surface area contributed by atoms with E-state index in [0.717, 1.165) is 29.7 Å². The first-order chi connectivity index (χ1) is 9.65. The highest BCUT2D eigenvalue weighted by Crippen LogP contribution is 2.37. The van der Waals surface area contributed by atoms with Gasteiger partial charge < -0.3 is 10.8 Å². The number of aryl methyl sites for hydroxylation is 2. The summed E-state index contributed by atoms with van der Waals surface area (Å²) >= 11 is 0. The van der Waals surface area contributed by atoms with Gasteiger partial charge in [0.2, 0.25) is 0 Å². The van der Waals surface area contributed by atoms with Crippen molar-refractivity contribution in [2.45, 2.75) is 25.2 Å². The number of carboxylic acids is 1. The molecule has 2 aromatic rings. The minimum absolute atomic E-state index is 0. The summed E-state index contributed by atoms with van der Waals surface area (Å²) in [5, 5.41) is 9.24. The monoisotopic (exact) mass is 303 g/mol. The Bertz CT molecular complexity index is 670. The zero-order chi connectivity index (χ0) is 14.1. The van der Waals surface area contributed by atoms with Crippen molar-refractivity contribution in [2.24, 2.45) is 0 Å². The second-order valence-corrected chi connectivity index (χ2v) is 5.31. The Morgan fingerprint density at radius 3 is 2.52 bits per heavy atom. The first kappa shape index (κ1) is 15.4. The third kappa shape index (κ3) is 3.03. The summed E-state index contributed by atoms with van der Waals surface area (Å²) in [7, 11) is 0. The molecule has 4 heteroatoms. The van der Waals surface area contributed by atoms with E-state index in [2.05, 4.69) is 6.07 Å². The molecule has 1 aliphatic carbocycles. The van der Waals surface area contributed by atoms with Crippen LogP contribution in [0.5, 0.6) is 0 Å². The van der Waals surface area contributed by atoms with Gasteiger partial charge in [0.05, 0.1) is 6.42 Å². The molecule has 3 N–H and O–H groups in total. The standard InChI is InChI=1S/C17H17NO2.ClH/c18-13-7-8-15-12(9-13)6-5-11-3-1-2-4-14(11)16(15)10-17(19)20;/h1-4,7-9,16H,5-6,10,18H2,(H,19,20);1H.